The number of hydrazone groups is 1. The van der Waals surface area contributed by atoms with E-state index in [0.29, 0.717) is 33.0 Å². The second kappa shape index (κ2) is 10.7. The zero-order valence-corrected chi connectivity index (χ0v) is 21.1. The zero-order chi connectivity index (χ0) is 25.8. The molecule has 1 unspecified atom stereocenters. The van der Waals surface area contributed by atoms with Crippen molar-refractivity contribution in [2.45, 2.75) is 13.0 Å². The predicted molar refractivity (Wildman–Crippen MR) is 145 cm³/mol. The third-order valence-electron chi connectivity index (χ3n) is 5.67. The van der Waals surface area contributed by atoms with Crippen molar-refractivity contribution in [3.63, 3.8) is 0 Å². The highest BCUT2D eigenvalue weighted by molar-refractivity contribution is 8.27. The first-order chi connectivity index (χ1) is 18.0. The van der Waals surface area contributed by atoms with Gasteiger partial charge in [-0.1, -0.05) is 54.6 Å². The van der Waals surface area contributed by atoms with Gasteiger partial charge in [0.15, 0.2) is 17.3 Å². The van der Waals surface area contributed by atoms with Crippen LogP contribution in [0.3, 0.4) is 0 Å². The first-order valence-electron chi connectivity index (χ1n) is 11.6. The van der Waals surface area contributed by atoms with Crippen LogP contribution in [-0.2, 0) is 4.79 Å². The molecular weight excluding hydrogens is 488 g/mol. The number of hydrogen-bond donors (Lipinski definition) is 1. The number of nitrogens with zero attached hydrogens (tertiary/aromatic N) is 3. The van der Waals surface area contributed by atoms with E-state index in [9.17, 15) is 4.79 Å². The number of aliphatic imine (C=N–C) groups is 1. The van der Waals surface area contributed by atoms with Gasteiger partial charge in [0.05, 0.1) is 12.7 Å². The highest BCUT2D eigenvalue weighted by Crippen LogP contribution is 2.34. The summed E-state index contributed by atoms with van der Waals surface area (Å²) >= 11 is 1.22. The molecule has 1 amide bonds. The Labute approximate surface area is 218 Å². The minimum Gasteiger partial charge on any atom is -0.493 e. The quantitative estimate of drug-likeness (QED) is 0.399. The minimum absolute atomic E-state index is 0.0470. The molecule has 0 bridgehead atoms. The average molecular weight is 513 g/mol. The lowest BCUT2D eigenvalue weighted by Gasteiger charge is -2.20. The van der Waals surface area contributed by atoms with E-state index in [4.69, 9.17) is 19.6 Å². The predicted octanol–water partition coefficient (Wildman–Crippen LogP) is 5.53. The number of amides is 1. The van der Waals surface area contributed by atoms with Gasteiger partial charge < -0.3 is 14.2 Å². The Morgan fingerprint density at radius 2 is 1.76 bits per heavy atom. The average Bonchev–Trinajstić information content (AvgIpc) is 3.34. The monoisotopic (exact) mass is 512 g/mol. The van der Waals surface area contributed by atoms with E-state index in [2.05, 4.69) is 10.1 Å². The lowest BCUT2D eigenvalue weighted by atomic mass is 10.1. The summed E-state index contributed by atoms with van der Waals surface area (Å²) in [7, 11) is 1.56. The van der Waals surface area contributed by atoms with Crippen LogP contribution in [0.1, 0.15) is 24.2 Å². The molecule has 1 N–H and O–H groups in total. The van der Waals surface area contributed by atoms with Gasteiger partial charge in [0.25, 0.3) is 5.91 Å². The van der Waals surface area contributed by atoms with E-state index < -0.39 is 5.91 Å². The molecule has 3 aromatic carbocycles. The molecule has 2 heterocycles. The number of benzene rings is 3. The summed E-state index contributed by atoms with van der Waals surface area (Å²) in [6.07, 6.45) is 1.43. The number of thioether (sulfide) groups is 1. The van der Waals surface area contributed by atoms with E-state index in [1.54, 1.807) is 25.3 Å². The lowest BCUT2D eigenvalue weighted by Crippen LogP contribution is -2.35. The summed E-state index contributed by atoms with van der Waals surface area (Å²) in [6, 6.07) is 24.6. The number of para-hydroxylation sites is 1. The Bertz CT molecular complexity index is 1420. The topological polar surface area (TPSA) is 96.6 Å². The second-order valence-corrected chi connectivity index (χ2v) is 9.24. The van der Waals surface area contributed by atoms with Crippen LogP contribution >= 0.6 is 11.8 Å². The number of methoxy groups -OCH3 is 1. The van der Waals surface area contributed by atoms with Gasteiger partial charge >= 0.3 is 0 Å². The Morgan fingerprint density at radius 1 is 1.03 bits per heavy atom. The Morgan fingerprint density at radius 3 is 2.49 bits per heavy atom. The number of ether oxygens (including phenoxy) is 3. The van der Waals surface area contributed by atoms with Gasteiger partial charge in [-0.05, 0) is 60.2 Å². The fourth-order valence-corrected chi connectivity index (χ4v) is 4.57. The molecule has 2 aliphatic heterocycles. The maximum absolute atomic E-state index is 12.8. The minimum atomic E-state index is -0.499. The fourth-order valence-electron chi connectivity index (χ4n) is 3.77. The van der Waals surface area contributed by atoms with Gasteiger partial charge in [0, 0.05) is 0 Å². The number of nitrogens with one attached hydrogen (secondary N) is 1. The van der Waals surface area contributed by atoms with Crippen molar-refractivity contribution < 1.29 is 19.0 Å². The fraction of sp³-hybridized carbons (Fsp3) is 0.143. The van der Waals surface area contributed by atoms with Gasteiger partial charge in [-0.25, -0.2) is 0 Å². The van der Waals surface area contributed by atoms with Crippen LogP contribution in [0, 0.1) is 5.41 Å². The van der Waals surface area contributed by atoms with Crippen molar-refractivity contribution in [2.75, 3.05) is 13.7 Å². The van der Waals surface area contributed by atoms with Gasteiger partial charge in [-0.3, -0.25) is 10.2 Å². The van der Waals surface area contributed by atoms with E-state index in [1.165, 1.54) is 16.8 Å². The van der Waals surface area contributed by atoms with Crippen LogP contribution in [0.15, 0.2) is 94.5 Å². The molecule has 1 atom stereocenters. The third-order valence-corrected chi connectivity index (χ3v) is 6.56. The molecule has 0 aliphatic carbocycles. The highest BCUT2D eigenvalue weighted by atomic mass is 32.2. The molecule has 186 valence electrons. The van der Waals surface area contributed by atoms with E-state index in [1.807, 2.05) is 73.7 Å². The van der Waals surface area contributed by atoms with Crippen molar-refractivity contribution in [3.05, 3.63) is 95.6 Å². The number of carbonyl (C=O) groups excluding carboxylic acids is 1. The van der Waals surface area contributed by atoms with Gasteiger partial charge in [-0.15, -0.1) is 0 Å². The first-order valence-corrected chi connectivity index (χ1v) is 12.4. The molecule has 5 rings (SSSR count). The van der Waals surface area contributed by atoms with E-state index in [-0.39, 0.29) is 24.1 Å². The van der Waals surface area contributed by atoms with Crippen LogP contribution in [-0.4, -0.2) is 40.7 Å². The van der Waals surface area contributed by atoms with Crippen LogP contribution in [0.2, 0.25) is 0 Å². The van der Waals surface area contributed by atoms with Gasteiger partial charge in [-0.2, -0.15) is 15.1 Å². The van der Waals surface area contributed by atoms with Crippen molar-refractivity contribution in [1.29, 1.82) is 5.41 Å². The lowest BCUT2D eigenvalue weighted by molar-refractivity contribution is -0.114. The van der Waals surface area contributed by atoms with Crippen LogP contribution < -0.4 is 14.2 Å². The summed E-state index contributed by atoms with van der Waals surface area (Å²) in [4.78, 5) is 16.9. The standard InChI is InChI=1S/C28H24N4O4S/c1-18(20-9-5-3-6-10-20)36-23-14-13-19(16-24(23)34-2)15-22-26(29)32-28(30-27(22)33)37-25(31-32)17-35-21-11-7-4-8-12-21/h3-16,18,29H,17H2,1-2H3/b22-15+,29-26?. The SMILES string of the molecule is COc1cc(/C=C2\C(=N)N3N=C(COc4ccccc4)SC3=NC2=O)ccc1OC(C)c1ccccc1. The molecule has 0 aromatic heterocycles. The molecule has 0 spiro atoms. The molecule has 2 aliphatic rings. The summed E-state index contributed by atoms with van der Waals surface area (Å²) < 4.78 is 17.4. The summed E-state index contributed by atoms with van der Waals surface area (Å²) in [5.74, 6) is 1.26. The smallest absolute Gasteiger partial charge is 0.283 e. The third kappa shape index (κ3) is 5.41. The largest absolute Gasteiger partial charge is 0.493 e. The van der Waals surface area contributed by atoms with Gasteiger partial charge in [0.1, 0.15) is 23.5 Å². The van der Waals surface area contributed by atoms with E-state index in [0.717, 1.165) is 5.56 Å². The number of fused-ring (bicyclic) bond motifs is 1. The number of rotatable bonds is 8. The number of hydrogen-bond acceptors (Lipinski definition) is 7. The molecule has 0 saturated carbocycles. The van der Waals surface area contributed by atoms with Crippen molar-refractivity contribution >= 4 is 39.8 Å². The maximum atomic E-state index is 12.8. The molecule has 9 heteroatoms. The normalized spacial score (nSPS) is 16.7. The van der Waals surface area contributed by atoms with Crippen molar-refractivity contribution in [2.24, 2.45) is 10.1 Å². The number of amidine groups is 2. The van der Waals surface area contributed by atoms with E-state index >= 15 is 0 Å². The van der Waals surface area contributed by atoms with Crippen LogP contribution in [0.4, 0.5) is 0 Å². The summed E-state index contributed by atoms with van der Waals surface area (Å²) in [5, 5.41) is 15.4. The first kappa shape index (κ1) is 24.3. The molecule has 8 nitrogen and oxygen atoms in total. The summed E-state index contributed by atoms with van der Waals surface area (Å²) in [5.41, 5.74) is 1.85. The molecule has 37 heavy (non-hydrogen) atoms. The molecular formula is C28H24N4O4S. The Balaban J connectivity index is 1.32. The highest BCUT2D eigenvalue weighted by Gasteiger charge is 2.35. The second-order valence-electron chi connectivity index (χ2n) is 8.20. The van der Waals surface area contributed by atoms with Crippen molar-refractivity contribution in [1.82, 2.24) is 5.01 Å². The number of carbonyl (C=O) groups is 1. The maximum Gasteiger partial charge on any atom is 0.283 e. The Kier molecular flexibility index (Phi) is 7.04. The molecule has 0 radical (unpaired) electrons. The Hall–Kier alpha value is -4.37. The van der Waals surface area contributed by atoms with Crippen LogP contribution in [0.25, 0.3) is 6.08 Å². The summed E-state index contributed by atoms with van der Waals surface area (Å²) in [6.45, 7) is 2.18. The molecule has 3 aromatic rings. The zero-order valence-electron chi connectivity index (χ0n) is 20.3. The van der Waals surface area contributed by atoms with Gasteiger partial charge in [0.2, 0.25) is 5.17 Å². The molecule has 0 saturated heterocycles. The van der Waals surface area contributed by atoms with Crippen molar-refractivity contribution in [3.8, 4) is 17.2 Å². The molecule has 0 fully saturated rings. The van der Waals surface area contributed by atoms with Crippen LogP contribution in [0.5, 0.6) is 17.2 Å².